The van der Waals surface area contributed by atoms with E-state index in [4.69, 9.17) is 0 Å². The number of hydrogen-bond donors (Lipinski definition) is 1. The number of aryl methyl sites for hydroxylation is 1. The van der Waals surface area contributed by atoms with E-state index in [1.54, 1.807) is 0 Å². The fraction of sp³-hybridized carbons (Fsp3) is 0.412. The summed E-state index contributed by atoms with van der Waals surface area (Å²) >= 11 is 0. The average Bonchev–Trinajstić information content (AvgIpc) is 2.75. The first kappa shape index (κ1) is 13.9. The molecule has 1 aliphatic rings. The van der Waals surface area contributed by atoms with Gasteiger partial charge in [0.1, 0.15) is 0 Å². The number of carbonyl (C=O) groups is 1. The number of benzene rings is 1. The van der Waals surface area contributed by atoms with Crippen LogP contribution in [0.5, 0.6) is 0 Å². The van der Waals surface area contributed by atoms with E-state index in [1.165, 1.54) is 5.56 Å². The van der Waals surface area contributed by atoms with Gasteiger partial charge in [-0.05, 0) is 30.4 Å². The molecule has 4 nitrogen and oxygen atoms in total. The van der Waals surface area contributed by atoms with Crippen LogP contribution in [-0.2, 0) is 11.8 Å². The molecule has 3 rings (SSSR count). The number of rotatable bonds is 2. The van der Waals surface area contributed by atoms with Gasteiger partial charge in [0.15, 0.2) is 0 Å². The molecular formula is C17H21N3O. The molecule has 110 valence electrons. The number of aromatic nitrogens is 2. The summed E-state index contributed by atoms with van der Waals surface area (Å²) in [6.07, 6.45) is 1.60. The van der Waals surface area contributed by atoms with Gasteiger partial charge < -0.3 is 5.32 Å². The van der Waals surface area contributed by atoms with Crippen LogP contribution < -0.4 is 5.32 Å². The molecule has 1 fully saturated rings. The summed E-state index contributed by atoms with van der Waals surface area (Å²) in [4.78, 5) is 12.2. The zero-order chi connectivity index (χ0) is 15.1. The van der Waals surface area contributed by atoms with Gasteiger partial charge in [0.2, 0.25) is 5.91 Å². The topological polar surface area (TPSA) is 46.9 Å². The van der Waals surface area contributed by atoms with Crippen molar-refractivity contribution in [3.05, 3.63) is 41.7 Å². The maximum atomic E-state index is 12.2. The zero-order valence-electron chi connectivity index (χ0n) is 12.8. The van der Waals surface area contributed by atoms with Gasteiger partial charge in [-0.25, -0.2) is 0 Å². The van der Waals surface area contributed by atoms with E-state index >= 15 is 0 Å². The summed E-state index contributed by atoms with van der Waals surface area (Å²) in [5.41, 5.74) is 4.07. The maximum Gasteiger partial charge on any atom is 0.233 e. The molecule has 2 aromatic rings. The van der Waals surface area contributed by atoms with E-state index in [-0.39, 0.29) is 11.8 Å². The van der Waals surface area contributed by atoms with E-state index in [2.05, 4.69) is 49.0 Å². The number of amides is 1. The van der Waals surface area contributed by atoms with Crippen LogP contribution in [0.4, 0.5) is 0 Å². The molecular weight excluding hydrogens is 262 g/mol. The summed E-state index contributed by atoms with van der Waals surface area (Å²) in [6, 6.07) is 6.41. The molecule has 1 aliphatic heterocycles. The second kappa shape index (κ2) is 5.02. The molecule has 4 heteroatoms. The fourth-order valence-corrected chi connectivity index (χ4v) is 2.95. The standard InChI is InChI=1S/C17H21N3O/c1-10(2)12-6-8-13-15(9-12)20(4)19-16(13)14-7-5-11(3)18-17(14)21/h6,8-10,14H,3,5,7H2,1-2,4H3,(H,18,21). The highest BCUT2D eigenvalue weighted by Gasteiger charge is 2.29. The van der Waals surface area contributed by atoms with Gasteiger partial charge in [-0.1, -0.05) is 32.6 Å². The van der Waals surface area contributed by atoms with Crippen LogP contribution in [0.25, 0.3) is 10.9 Å². The summed E-state index contributed by atoms with van der Waals surface area (Å²) in [5.74, 6) is 0.317. The quantitative estimate of drug-likeness (QED) is 0.920. The van der Waals surface area contributed by atoms with Crippen LogP contribution >= 0.6 is 0 Å². The molecule has 1 unspecified atom stereocenters. The third kappa shape index (κ3) is 2.35. The van der Waals surface area contributed by atoms with Crippen molar-refractivity contribution in [2.24, 2.45) is 7.05 Å². The van der Waals surface area contributed by atoms with Crippen molar-refractivity contribution in [3.8, 4) is 0 Å². The molecule has 1 amide bonds. The van der Waals surface area contributed by atoms with Gasteiger partial charge in [0.05, 0.1) is 17.1 Å². The Balaban J connectivity index is 2.08. The summed E-state index contributed by atoms with van der Waals surface area (Å²) in [5, 5.41) is 8.54. The van der Waals surface area contributed by atoms with E-state index < -0.39 is 0 Å². The van der Waals surface area contributed by atoms with Crippen molar-refractivity contribution in [2.45, 2.75) is 38.5 Å². The van der Waals surface area contributed by atoms with Gasteiger partial charge in [0, 0.05) is 18.1 Å². The second-order valence-corrected chi connectivity index (χ2v) is 6.12. The lowest BCUT2D eigenvalue weighted by atomic mass is 9.91. The Labute approximate surface area is 124 Å². The monoisotopic (exact) mass is 283 g/mol. The molecule has 0 spiro atoms. The molecule has 1 atom stereocenters. The average molecular weight is 283 g/mol. The van der Waals surface area contributed by atoms with E-state index in [1.807, 2.05) is 11.7 Å². The van der Waals surface area contributed by atoms with Crippen LogP contribution in [0.2, 0.25) is 0 Å². The molecule has 0 radical (unpaired) electrons. The highest BCUT2D eigenvalue weighted by molar-refractivity contribution is 5.92. The van der Waals surface area contributed by atoms with Gasteiger partial charge in [-0.2, -0.15) is 5.10 Å². The summed E-state index contributed by atoms with van der Waals surface area (Å²) in [7, 11) is 1.94. The molecule has 1 aromatic heterocycles. The molecule has 1 aromatic carbocycles. The van der Waals surface area contributed by atoms with Gasteiger partial charge in [-0.3, -0.25) is 9.48 Å². The van der Waals surface area contributed by atoms with Crippen LogP contribution in [0.3, 0.4) is 0 Å². The Bertz CT molecular complexity index is 727. The lowest BCUT2D eigenvalue weighted by Gasteiger charge is -2.22. The zero-order valence-corrected chi connectivity index (χ0v) is 12.8. The number of nitrogens with one attached hydrogen (secondary N) is 1. The lowest BCUT2D eigenvalue weighted by Crippen LogP contribution is -2.33. The third-order valence-corrected chi connectivity index (χ3v) is 4.25. The summed E-state index contributed by atoms with van der Waals surface area (Å²) in [6.45, 7) is 8.19. The van der Waals surface area contributed by atoms with Crippen LogP contribution in [0.15, 0.2) is 30.5 Å². The Morgan fingerprint density at radius 1 is 1.43 bits per heavy atom. The predicted octanol–water partition coefficient (Wildman–Crippen LogP) is 3.20. The molecule has 0 bridgehead atoms. The van der Waals surface area contributed by atoms with E-state index in [0.717, 1.165) is 35.1 Å². The Kier molecular flexibility index (Phi) is 3.32. The SMILES string of the molecule is C=C1CCC(c2nn(C)c3cc(C(C)C)ccc23)C(=O)N1. The fourth-order valence-electron chi connectivity index (χ4n) is 2.95. The van der Waals surface area contributed by atoms with Crippen LogP contribution in [-0.4, -0.2) is 15.7 Å². The number of nitrogens with zero attached hydrogens (tertiary/aromatic N) is 2. The van der Waals surface area contributed by atoms with Crippen molar-refractivity contribution in [3.63, 3.8) is 0 Å². The smallest absolute Gasteiger partial charge is 0.233 e. The Morgan fingerprint density at radius 3 is 2.86 bits per heavy atom. The van der Waals surface area contributed by atoms with Crippen LogP contribution in [0.1, 0.15) is 49.8 Å². The second-order valence-electron chi connectivity index (χ2n) is 6.12. The van der Waals surface area contributed by atoms with Crippen molar-refractivity contribution >= 4 is 16.8 Å². The number of piperidine rings is 1. The van der Waals surface area contributed by atoms with Crippen molar-refractivity contribution in [1.82, 2.24) is 15.1 Å². The number of carbonyl (C=O) groups excluding carboxylic acids is 1. The van der Waals surface area contributed by atoms with Crippen molar-refractivity contribution in [1.29, 1.82) is 0 Å². The number of hydrogen-bond acceptors (Lipinski definition) is 2. The molecule has 1 N–H and O–H groups in total. The lowest BCUT2D eigenvalue weighted by molar-refractivity contribution is -0.122. The summed E-state index contributed by atoms with van der Waals surface area (Å²) < 4.78 is 1.88. The third-order valence-electron chi connectivity index (χ3n) is 4.25. The van der Waals surface area contributed by atoms with Gasteiger partial charge in [0.25, 0.3) is 0 Å². The Morgan fingerprint density at radius 2 is 2.19 bits per heavy atom. The van der Waals surface area contributed by atoms with Gasteiger partial charge in [-0.15, -0.1) is 0 Å². The highest BCUT2D eigenvalue weighted by Crippen LogP contribution is 2.32. The molecule has 0 saturated carbocycles. The highest BCUT2D eigenvalue weighted by atomic mass is 16.2. The normalized spacial score (nSPS) is 19.3. The minimum atomic E-state index is -0.177. The van der Waals surface area contributed by atoms with Crippen molar-refractivity contribution < 1.29 is 4.79 Å². The van der Waals surface area contributed by atoms with Crippen molar-refractivity contribution in [2.75, 3.05) is 0 Å². The first-order valence-electron chi connectivity index (χ1n) is 7.42. The van der Waals surface area contributed by atoms with Gasteiger partial charge >= 0.3 is 0 Å². The predicted molar refractivity (Wildman–Crippen MR) is 84.1 cm³/mol. The molecule has 2 heterocycles. The first-order valence-corrected chi connectivity index (χ1v) is 7.42. The minimum absolute atomic E-state index is 0.0131. The molecule has 1 saturated heterocycles. The Hall–Kier alpha value is -2.10. The molecule has 21 heavy (non-hydrogen) atoms. The number of fused-ring (bicyclic) bond motifs is 1. The maximum absolute atomic E-state index is 12.2. The van der Waals surface area contributed by atoms with E-state index in [0.29, 0.717) is 5.92 Å². The van der Waals surface area contributed by atoms with E-state index in [9.17, 15) is 4.79 Å². The minimum Gasteiger partial charge on any atom is -0.330 e. The van der Waals surface area contributed by atoms with Crippen LogP contribution in [0, 0.1) is 0 Å². The molecule has 0 aliphatic carbocycles. The number of allylic oxidation sites excluding steroid dienone is 1. The largest absolute Gasteiger partial charge is 0.330 e. The first-order chi connectivity index (χ1) is 9.97.